The van der Waals surface area contributed by atoms with E-state index in [1.807, 2.05) is 0 Å². The average molecular weight is 365 g/mol. The smallest absolute Gasteiger partial charge is 0.303 e. The molecular weight excluding hydrogens is 324 g/mol. The Morgan fingerprint density at radius 2 is 1.38 bits per heavy atom. The molecule has 0 saturated heterocycles. The zero-order valence-electron chi connectivity index (χ0n) is 17.2. The van der Waals surface area contributed by atoms with Gasteiger partial charge in [0, 0.05) is 19.3 Å². The molecule has 1 aromatic heterocycles. The first-order valence-corrected chi connectivity index (χ1v) is 10.9. The third-order valence-electron chi connectivity index (χ3n) is 5.14. The van der Waals surface area contributed by atoms with Crippen molar-refractivity contribution in [1.29, 1.82) is 0 Å². The van der Waals surface area contributed by atoms with E-state index in [0.717, 1.165) is 25.7 Å². The quantitative estimate of drug-likeness (QED) is 0.296. The second-order valence-electron chi connectivity index (χ2n) is 7.71. The van der Waals surface area contributed by atoms with Gasteiger partial charge in [-0.1, -0.05) is 71.1 Å². The van der Waals surface area contributed by atoms with Crippen LogP contribution < -0.4 is 0 Å². The highest BCUT2D eigenvalue weighted by Crippen LogP contribution is 2.20. The molecule has 0 bridgehead atoms. The van der Waals surface area contributed by atoms with Gasteiger partial charge in [0.05, 0.1) is 0 Å². The fraction of sp³-hybridized carbons (Fsp3) is 0.783. The zero-order chi connectivity index (χ0) is 19.0. The van der Waals surface area contributed by atoms with Crippen molar-refractivity contribution < 1.29 is 14.3 Å². The zero-order valence-corrected chi connectivity index (χ0v) is 17.2. The normalized spacial score (nSPS) is 11.2. The summed E-state index contributed by atoms with van der Waals surface area (Å²) < 4.78 is 6.03. The summed E-state index contributed by atoms with van der Waals surface area (Å²) in [5.41, 5.74) is 1.33. The average Bonchev–Trinajstić information content (AvgIpc) is 2.95. The summed E-state index contributed by atoms with van der Waals surface area (Å²) in [7, 11) is 0. The van der Waals surface area contributed by atoms with Gasteiger partial charge in [0.2, 0.25) is 0 Å². The lowest BCUT2D eigenvalue weighted by molar-refractivity contribution is -0.137. The summed E-state index contributed by atoms with van der Waals surface area (Å²) >= 11 is 0. The van der Waals surface area contributed by atoms with Gasteiger partial charge in [0.25, 0.3) is 0 Å². The van der Waals surface area contributed by atoms with E-state index in [1.54, 1.807) is 0 Å². The lowest BCUT2D eigenvalue weighted by Crippen LogP contribution is -1.93. The number of rotatable bonds is 17. The fourth-order valence-electron chi connectivity index (χ4n) is 3.49. The number of carbonyl (C=O) groups is 1. The SMILES string of the molecule is CCCCCc1cc(C)c(CCCCCCCCCCCCC(=O)O)o1. The molecule has 150 valence electrons. The molecule has 0 atom stereocenters. The summed E-state index contributed by atoms with van der Waals surface area (Å²) in [4.78, 5) is 10.4. The van der Waals surface area contributed by atoms with Gasteiger partial charge < -0.3 is 9.52 Å². The summed E-state index contributed by atoms with van der Waals surface area (Å²) in [5.74, 6) is 1.72. The topological polar surface area (TPSA) is 50.4 Å². The van der Waals surface area contributed by atoms with Gasteiger partial charge in [0.15, 0.2) is 0 Å². The molecule has 3 nitrogen and oxygen atoms in total. The number of unbranched alkanes of at least 4 members (excludes halogenated alkanes) is 11. The minimum atomic E-state index is -0.664. The summed E-state index contributed by atoms with van der Waals surface area (Å²) in [6.45, 7) is 4.42. The highest BCUT2D eigenvalue weighted by atomic mass is 16.4. The number of hydrogen-bond donors (Lipinski definition) is 1. The highest BCUT2D eigenvalue weighted by Gasteiger charge is 2.07. The second kappa shape index (κ2) is 14.9. The van der Waals surface area contributed by atoms with Crippen LogP contribution in [-0.2, 0) is 17.6 Å². The second-order valence-corrected chi connectivity index (χ2v) is 7.71. The van der Waals surface area contributed by atoms with Crippen LogP contribution in [0.25, 0.3) is 0 Å². The number of carboxylic acids is 1. The first kappa shape index (κ1) is 22.8. The van der Waals surface area contributed by atoms with Crippen molar-refractivity contribution in [3.05, 3.63) is 23.2 Å². The van der Waals surface area contributed by atoms with Gasteiger partial charge in [-0.25, -0.2) is 0 Å². The van der Waals surface area contributed by atoms with Crippen molar-refractivity contribution in [1.82, 2.24) is 0 Å². The van der Waals surface area contributed by atoms with Gasteiger partial charge in [-0.15, -0.1) is 0 Å². The van der Waals surface area contributed by atoms with Crippen molar-refractivity contribution in [2.24, 2.45) is 0 Å². The van der Waals surface area contributed by atoms with E-state index in [4.69, 9.17) is 9.52 Å². The minimum absolute atomic E-state index is 0.329. The van der Waals surface area contributed by atoms with Crippen molar-refractivity contribution >= 4 is 5.97 Å². The molecule has 0 aliphatic carbocycles. The Kier molecular flexibility index (Phi) is 13.0. The number of aliphatic carboxylic acids is 1. The highest BCUT2D eigenvalue weighted by molar-refractivity contribution is 5.66. The third-order valence-corrected chi connectivity index (χ3v) is 5.14. The fourth-order valence-corrected chi connectivity index (χ4v) is 3.49. The number of carboxylic acid groups (broad SMARTS) is 1. The van der Waals surface area contributed by atoms with Crippen LogP contribution in [0, 0.1) is 6.92 Å². The van der Waals surface area contributed by atoms with Crippen LogP contribution in [0.3, 0.4) is 0 Å². The van der Waals surface area contributed by atoms with E-state index in [-0.39, 0.29) is 0 Å². The molecule has 26 heavy (non-hydrogen) atoms. The standard InChI is InChI=1S/C23H40O3/c1-3-4-13-16-21-19-20(2)22(26-21)17-14-11-9-7-5-6-8-10-12-15-18-23(24)25/h19H,3-18H2,1-2H3,(H,24,25). The van der Waals surface area contributed by atoms with E-state index in [1.165, 1.54) is 87.7 Å². The van der Waals surface area contributed by atoms with E-state index >= 15 is 0 Å². The molecule has 1 N–H and O–H groups in total. The Morgan fingerprint density at radius 1 is 0.846 bits per heavy atom. The molecule has 0 amide bonds. The van der Waals surface area contributed by atoms with E-state index in [9.17, 15) is 4.79 Å². The largest absolute Gasteiger partial charge is 0.481 e. The predicted octanol–water partition coefficient (Wildman–Crippen LogP) is 7.24. The van der Waals surface area contributed by atoms with Crippen molar-refractivity contribution in [2.75, 3.05) is 0 Å². The van der Waals surface area contributed by atoms with E-state index < -0.39 is 5.97 Å². The number of aryl methyl sites for hydroxylation is 3. The van der Waals surface area contributed by atoms with Gasteiger partial charge >= 0.3 is 5.97 Å². The molecule has 0 saturated carbocycles. The van der Waals surface area contributed by atoms with Crippen LogP contribution in [0.5, 0.6) is 0 Å². The van der Waals surface area contributed by atoms with Crippen LogP contribution in [0.2, 0.25) is 0 Å². The Balaban J connectivity index is 1.95. The van der Waals surface area contributed by atoms with Crippen LogP contribution >= 0.6 is 0 Å². The lowest BCUT2D eigenvalue weighted by atomic mass is 10.0. The molecule has 0 aliphatic heterocycles. The van der Waals surface area contributed by atoms with Crippen LogP contribution in [-0.4, -0.2) is 11.1 Å². The summed E-state index contributed by atoms with van der Waals surface area (Å²) in [6.07, 6.45) is 18.4. The molecule has 0 aromatic carbocycles. The van der Waals surface area contributed by atoms with E-state index in [2.05, 4.69) is 19.9 Å². The Hall–Kier alpha value is -1.25. The monoisotopic (exact) mass is 364 g/mol. The molecule has 0 fully saturated rings. The van der Waals surface area contributed by atoms with Gasteiger partial charge in [0.1, 0.15) is 11.5 Å². The first-order valence-electron chi connectivity index (χ1n) is 10.9. The molecule has 0 spiro atoms. The van der Waals surface area contributed by atoms with Crippen LogP contribution in [0.1, 0.15) is 114 Å². The minimum Gasteiger partial charge on any atom is -0.481 e. The number of hydrogen-bond acceptors (Lipinski definition) is 2. The first-order chi connectivity index (χ1) is 12.6. The maximum absolute atomic E-state index is 10.4. The lowest BCUT2D eigenvalue weighted by Gasteiger charge is -2.03. The van der Waals surface area contributed by atoms with Gasteiger partial charge in [-0.2, -0.15) is 0 Å². The molecule has 1 rings (SSSR count). The summed E-state index contributed by atoms with van der Waals surface area (Å²) in [6, 6.07) is 2.24. The molecule has 0 aliphatic rings. The van der Waals surface area contributed by atoms with Crippen molar-refractivity contribution in [2.45, 2.75) is 117 Å². The van der Waals surface area contributed by atoms with Crippen molar-refractivity contribution in [3.8, 4) is 0 Å². The predicted molar refractivity (Wildman–Crippen MR) is 109 cm³/mol. The number of furan rings is 1. The maximum atomic E-state index is 10.4. The van der Waals surface area contributed by atoms with Crippen molar-refractivity contribution in [3.63, 3.8) is 0 Å². The Morgan fingerprint density at radius 3 is 1.96 bits per heavy atom. The molecule has 1 aromatic rings. The Labute approximate surface area is 160 Å². The Bertz CT molecular complexity index is 476. The van der Waals surface area contributed by atoms with Gasteiger partial charge in [-0.3, -0.25) is 4.79 Å². The van der Waals surface area contributed by atoms with Crippen LogP contribution in [0.4, 0.5) is 0 Å². The van der Waals surface area contributed by atoms with Gasteiger partial charge in [-0.05, 0) is 37.8 Å². The molecule has 1 heterocycles. The molecule has 0 radical (unpaired) electrons. The maximum Gasteiger partial charge on any atom is 0.303 e. The summed E-state index contributed by atoms with van der Waals surface area (Å²) in [5, 5.41) is 8.58. The molecular formula is C23H40O3. The van der Waals surface area contributed by atoms with E-state index in [0.29, 0.717) is 6.42 Å². The molecule has 3 heteroatoms. The van der Waals surface area contributed by atoms with Crippen LogP contribution in [0.15, 0.2) is 10.5 Å². The molecule has 0 unspecified atom stereocenters. The third kappa shape index (κ3) is 11.4.